The maximum Gasteiger partial charge on any atom is 0.255 e. The number of aromatic nitrogens is 1. The van der Waals surface area contributed by atoms with E-state index in [1.54, 1.807) is 4.90 Å². The van der Waals surface area contributed by atoms with E-state index in [-0.39, 0.29) is 23.7 Å². The highest BCUT2D eigenvalue weighted by atomic mass is 19.1. The van der Waals surface area contributed by atoms with Gasteiger partial charge in [0.05, 0.1) is 5.56 Å². The SMILES string of the molecule is NC(=NO)[C@H]1CC[C@H]2CCc3cc(F)ncc3C(=O)N2C1. The van der Waals surface area contributed by atoms with E-state index >= 15 is 0 Å². The Labute approximate surface area is 121 Å². The van der Waals surface area contributed by atoms with Gasteiger partial charge in [-0.2, -0.15) is 4.39 Å². The number of amidine groups is 1. The number of nitrogens with two attached hydrogens (primary N) is 1. The van der Waals surface area contributed by atoms with Gasteiger partial charge < -0.3 is 15.8 Å². The number of nitrogens with zero attached hydrogens (tertiary/aromatic N) is 3. The van der Waals surface area contributed by atoms with E-state index in [9.17, 15) is 9.18 Å². The Bertz CT molecular complexity index is 605. The molecule has 0 radical (unpaired) electrons. The Morgan fingerprint density at radius 2 is 2.29 bits per heavy atom. The van der Waals surface area contributed by atoms with Crippen LogP contribution in [0.4, 0.5) is 4.39 Å². The minimum Gasteiger partial charge on any atom is -0.409 e. The minimum absolute atomic E-state index is 0.121. The highest BCUT2D eigenvalue weighted by molar-refractivity contribution is 5.96. The smallest absolute Gasteiger partial charge is 0.255 e. The molecule has 0 spiro atoms. The summed E-state index contributed by atoms with van der Waals surface area (Å²) in [6.45, 7) is 0.427. The summed E-state index contributed by atoms with van der Waals surface area (Å²) in [5.41, 5.74) is 6.84. The van der Waals surface area contributed by atoms with Crippen LogP contribution in [0.2, 0.25) is 0 Å². The predicted molar refractivity (Wildman–Crippen MR) is 73.5 cm³/mol. The molecule has 0 saturated carbocycles. The van der Waals surface area contributed by atoms with Crippen molar-refractivity contribution < 1.29 is 14.4 Å². The number of amides is 1. The van der Waals surface area contributed by atoms with Gasteiger partial charge >= 0.3 is 0 Å². The number of rotatable bonds is 1. The highest BCUT2D eigenvalue weighted by Crippen LogP contribution is 2.30. The van der Waals surface area contributed by atoms with Crippen LogP contribution in [0.3, 0.4) is 0 Å². The van der Waals surface area contributed by atoms with Crippen molar-refractivity contribution in [3.05, 3.63) is 29.3 Å². The summed E-state index contributed by atoms with van der Waals surface area (Å²) >= 11 is 0. The average molecular weight is 292 g/mol. The zero-order valence-electron chi connectivity index (χ0n) is 11.5. The van der Waals surface area contributed by atoms with Crippen LogP contribution < -0.4 is 5.73 Å². The normalized spacial score (nSPS) is 26.0. The van der Waals surface area contributed by atoms with Crippen LogP contribution in [-0.2, 0) is 6.42 Å². The first-order valence-electron chi connectivity index (χ1n) is 7.03. The first-order chi connectivity index (χ1) is 10.1. The molecule has 1 fully saturated rings. The van der Waals surface area contributed by atoms with Crippen molar-refractivity contribution in [2.75, 3.05) is 6.54 Å². The van der Waals surface area contributed by atoms with Crippen molar-refractivity contribution in [3.63, 3.8) is 0 Å². The third-order valence-corrected chi connectivity index (χ3v) is 4.43. The van der Waals surface area contributed by atoms with E-state index in [0.29, 0.717) is 24.1 Å². The van der Waals surface area contributed by atoms with Crippen LogP contribution in [0.5, 0.6) is 0 Å². The lowest BCUT2D eigenvalue weighted by atomic mass is 9.90. The first kappa shape index (κ1) is 13.8. The Hall–Kier alpha value is -2.18. The Kier molecular flexibility index (Phi) is 3.48. The molecule has 21 heavy (non-hydrogen) atoms. The lowest BCUT2D eigenvalue weighted by Gasteiger charge is -2.38. The molecule has 7 heteroatoms. The maximum atomic E-state index is 13.2. The maximum absolute atomic E-state index is 13.2. The monoisotopic (exact) mass is 292 g/mol. The highest BCUT2D eigenvalue weighted by Gasteiger charge is 2.36. The second-order valence-corrected chi connectivity index (χ2v) is 5.61. The predicted octanol–water partition coefficient (Wildman–Crippen LogP) is 1.13. The van der Waals surface area contributed by atoms with Gasteiger partial charge in [0, 0.05) is 24.7 Å². The van der Waals surface area contributed by atoms with E-state index < -0.39 is 5.95 Å². The van der Waals surface area contributed by atoms with E-state index in [2.05, 4.69) is 10.1 Å². The minimum atomic E-state index is -0.559. The van der Waals surface area contributed by atoms with Gasteiger partial charge in [0.25, 0.3) is 5.91 Å². The number of hydrogen-bond acceptors (Lipinski definition) is 4. The van der Waals surface area contributed by atoms with Crippen LogP contribution in [0.15, 0.2) is 17.4 Å². The van der Waals surface area contributed by atoms with Crippen LogP contribution in [-0.4, -0.2) is 39.4 Å². The molecular formula is C14H17FN4O2. The Morgan fingerprint density at radius 1 is 1.48 bits per heavy atom. The summed E-state index contributed by atoms with van der Waals surface area (Å²) in [6.07, 6.45) is 4.35. The van der Waals surface area contributed by atoms with E-state index in [0.717, 1.165) is 19.3 Å². The largest absolute Gasteiger partial charge is 0.409 e. The van der Waals surface area contributed by atoms with Crippen molar-refractivity contribution in [1.29, 1.82) is 0 Å². The molecule has 0 bridgehead atoms. The quantitative estimate of drug-likeness (QED) is 0.267. The third-order valence-electron chi connectivity index (χ3n) is 4.43. The average Bonchev–Trinajstić information content (AvgIpc) is 2.63. The fraction of sp³-hybridized carbons (Fsp3) is 0.500. The molecule has 2 aliphatic rings. The second kappa shape index (κ2) is 5.31. The van der Waals surface area contributed by atoms with E-state index in [1.807, 2.05) is 0 Å². The van der Waals surface area contributed by atoms with Crippen molar-refractivity contribution >= 4 is 11.7 Å². The summed E-state index contributed by atoms with van der Waals surface area (Å²) in [5, 5.41) is 11.8. The van der Waals surface area contributed by atoms with Gasteiger partial charge in [-0.25, -0.2) is 4.98 Å². The number of pyridine rings is 1. The molecule has 0 unspecified atom stereocenters. The second-order valence-electron chi connectivity index (χ2n) is 5.61. The van der Waals surface area contributed by atoms with Gasteiger partial charge in [0.2, 0.25) is 5.95 Å². The van der Waals surface area contributed by atoms with E-state index in [1.165, 1.54) is 12.3 Å². The number of oxime groups is 1. The van der Waals surface area contributed by atoms with Gasteiger partial charge in [0.15, 0.2) is 0 Å². The standard InChI is InChI=1S/C14H17FN4O2/c15-12-5-8-1-3-10-4-2-9(13(16)18-21)7-19(10)14(20)11(8)6-17-12/h5-6,9-10,21H,1-4,7H2,(H2,16,18)/t9-,10+/m0/s1. The lowest BCUT2D eigenvalue weighted by molar-refractivity contribution is 0.0578. The lowest BCUT2D eigenvalue weighted by Crippen LogP contribution is -2.49. The van der Waals surface area contributed by atoms with Crippen LogP contribution in [0.25, 0.3) is 0 Å². The summed E-state index contributed by atoms with van der Waals surface area (Å²) in [5.74, 6) is -0.681. The summed E-state index contributed by atoms with van der Waals surface area (Å²) in [7, 11) is 0. The third kappa shape index (κ3) is 2.43. The number of aryl methyl sites for hydroxylation is 1. The molecule has 1 aromatic heterocycles. The summed E-state index contributed by atoms with van der Waals surface area (Å²) in [6, 6.07) is 1.46. The number of halogens is 1. The fourth-order valence-corrected chi connectivity index (χ4v) is 3.24. The Morgan fingerprint density at radius 3 is 3.05 bits per heavy atom. The topological polar surface area (TPSA) is 91.8 Å². The molecule has 6 nitrogen and oxygen atoms in total. The van der Waals surface area contributed by atoms with Crippen LogP contribution >= 0.6 is 0 Å². The van der Waals surface area contributed by atoms with E-state index in [4.69, 9.17) is 10.9 Å². The number of carbonyl (C=O) groups is 1. The van der Waals surface area contributed by atoms with Gasteiger partial charge in [0.1, 0.15) is 5.84 Å². The fourth-order valence-electron chi connectivity index (χ4n) is 3.24. The van der Waals surface area contributed by atoms with Gasteiger partial charge in [-0.3, -0.25) is 4.79 Å². The van der Waals surface area contributed by atoms with Crippen molar-refractivity contribution in [1.82, 2.24) is 9.88 Å². The van der Waals surface area contributed by atoms with Crippen molar-refractivity contribution in [2.24, 2.45) is 16.8 Å². The van der Waals surface area contributed by atoms with Gasteiger partial charge in [-0.15, -0.1) is 0 Å². The van der Waals surface area contributed by atoms with Gasteiger partial charge in [-0.05, 0) is 37.3 Å². The van der Waals surface area contributed by atoms with Crippen molar-refractivity contribution in [2.45, 2.75) is 31.7 Å². The molecular weight excluding hydrogens is 275 g/mol. The molecule has 0 aliphatic carbocycles. The number of piperidine rings is 1. The van der Waals surface area contributed by atoms with Crippen molar-refractivity contribution in [3.8, 4) is 0 Å². The summed E-state index contributed by atoms with van der Waals surface area (Å²) in [4.78, 5) is 18.0. The zero-order chi connectivity index (χ0) is 15.0. The van der Waals surface area contributed by atoms with Crippen LogP contribution in [0.1, 0.15) is 35.2 Å². The molecule has 3 rings (SSSR count). The number of hydrogen-bond donors (Lipinski definition) is 2. The molecule has 1 saturated heterocycles. The molecule has 0 aromatic carbocycles. The molecule has 1 amide bonds. The molecule has 3 N–H and O–H groups in total. The Balaban J connectivity index is 1.91. The first-order valence-corrected chi connectivity index (χ1v) is 7.03. The molecule has 112 valence electrons. The van der Waals surface area contributed by atoms with Gasteiger partial charge in [-0.1, -0.05) is 5.16 Å². The van der Waals surface area contributed by atoms with Crippen LogP contribution in [0, 0.1) is 11.9 Å². The number of fused-ring (bicyclic) bond motifs is 2. The molecule has 2 atom stereocenters. The zero-order valence-corrected chi connectivity index (χ0v) is 11.5. The summed E-state index contributed by atoms with van der Waals surface area (Å²) < 4.78 is 13.2. The molecule has 1 aromatic rings. The molecule has 3 heterocycles. The number of carbonyl (C=O) groups excluding carboxylic acids is 1. The molecule has 2 aliphatic heterocycles.